The Kier molecular flexibility index (Phi) is 5.29. The van der Waals surface area contributed by atoms with E-state index in [1.165, 1.54) is 11.1 Å². The number of hydrogen-bond donors (Lipinski definition) is 0. The number of nitriles is 1. The maximum atomic E-state index is 9.68. The van der Waals surface area contributed by atoms with Crippen molar-refractivity contribution in [3.63, 3.8) is 0 Å². The third-order valence-corrected chi connectivity index (χ3v) is 5.24. The molecule has 0 aliphatic heterocycles. The van der Waals surface area contributed by atoms with E-state index in [0.29, 0.717) is 5.57 Å². The van der Waals surface area contributed by atoms with Crippen molar-refractivity contribution in [1.82, 2.24) is 4.57 Å². The van der Waals surface area contributed by atoms with Crippen molar-refractivity contribution in [2.45, 2.75) is 47.0 Å². The van der Waals surface area contributed by atoms with Crippen molar-refractivity contribution in [3.8, 4) is 11.8 Å². The smallest absolute Gasteiger partial charge is 0.0998 e. The van der Waals surface area contributed by atoms with E-state index < -0.39 is 0 Å². The van der Waals surface area contributed by atoms with Crippen LogP contribution in [0, 0.1) is 32.1 Å². The van der Waals surface area contributed by atoms with E-state index in [1.807, 2.05) is 30.3 Å². The van der Waals surface area contributed by atoms with Crippen LogP contribution in [0.1, 0.15) is 54.4 Å². The first-order chi connectivity index (χ1) is 13.2. The molecule has 0 aliphatic carbocycles. The van der Waals surface area contributed by atoms with E-state index in [4.69, 9.17) is 0 Å². The summed E-state index contributed by atoms with van der Waals surface area (Å²) in [6.07, 6.45) is 1.99. The first-order valence-electron chi connectivity index (χ1n) is 9.69. The zero-order valence-corrected chi connectivity index (χ0v) is 17.7. The Morgan fingerprint density at radius 3 is 2.07 bits per heavy atom. The molecule has 2 aromatic carbocycles. The van der Waals surface area contributed by atoms with Crippen LogP contribution >= 0.6 is 0 Å². The SMILES string of the molecule is Cc1ccc(/C(C#N)=C\c2cc(C)n(-c3ccc(C(C)(C)C)cc3)c2C)cc1. The Hall–Kier alpha value is -3.05. The molecule has 1 aromatic heterocycles. The largest absolute Gasteiger partial charge is 0.318 e. The summed E-state index contributed by atoms with van der Waals surface area (Å²) in [6.45, 7) is 13.0. The van der Waals surface area contributed by atoms with Crippen LogP contribution in [0.25, 0.3) is 17.3 Å². The molecule has 0 saturated heterocycles. The number of aryl methyl sites for hydroxylation is 2. The minimum absolute atomic E-state index is 0.142. The van der Waals surface area contributed by atoms with E-state index >= 15 is 0 Å². The number of hydrogen-bond acceptors (Lipinski definition) is 1. The quantitative estimate of drug-likeness (QED) is 0.469. The van der Waals surface area contributed by atoms with Crippen LogP contribution < -0.4 is 0 Å². The van der Waals surface area contributed by atoms with Gasteiger partial charge in [0.1, 0.15) is 0 Å². The monoisotopic (exact) mass is 368 g/mol. The van der Waals surface area contributed by atoms with Crippen LogP contribution in [-0.4, -0.2) is 4.57 Å². The molecule has 28 heavy (non-hydrogen) atoms. The molecule has 2 heteroatoms. The lowest BCUT2D eigenvalue weighted by molar-refractivity contribution is 0.590. The van der Waals surface area contributed by atoms with Crippen molar-refractivity contribution in [2.75, 3.05) is 0 Å². The van der Waals surface area contributed by atoms with Crippen LogP contribution in [0.3, 0.4) is 0 Å². The summed E-state index contributed by atoms with van der Waals surface area (Å²) < 4.78 is 2.25. The van der Waals surface area contributed by atoms with Gasteiger partial charge in [0.2, 0.25) is 0 Å². The van der Waals surface area contributed by atoms with E-state index in [1.54, 1.807) is 0 Å². The van der Waals surface area contributed by atoms with Gasteiger partial charge in [-0.25, -0.2) is 0 Å². The molecule has 2 nitrogen and oxygen atoms in total. The average molecular weight is 369 g/mol. The lowest BCUT2D eigenvalue weighted by Gasteiger charge is -2.20. The molecule has 0 unspecified atom stereocenters. The third kappa shape index (κ3) is 3.94. The Bertz CT molecular complexity index is 1050. The molecular weight excluding hydrogens is 340 g/mol. The molecule has 0 radical (unpaired) electrons. The fraction of sp³-hybridized carbons (Fsp3) is 0.269. The van der Waals surface area contributed by atoms with Gasteiger partial charge in [0.05, 0.1) is 11.6 Å². The lowest BCUT2D eigenvalue weighted by Crippen LogP contribution is -2.11. The summed E-state index contributed by atoms with van der Waals surface area (Å²) in [5.74, 6) is 0. The van der Waals surface area contributed by atoms with Gasteiger partial charge in [0.15, 0.2) is 0 Å². The van der Waals surface area contributed by atoms with Crippen LogP contribution in [-0.2, 0) is 5.41 Å². The van der Waals surface area contributed by atoms with E-state index in [9.17, 15) is 5.26 Å². The Labute approximate surface area is 168 Å². The van der Waals surface area contributed by atoms with Gasteiger partial charge in [-0.1, -0.05) is 62.7 Å². The topological polar surface area (TPSA) is 28.7 Å². The molecule has 1 heterocycles. The van der Waals surface area contributed by atoms with Gasteiger partial charge in [-0.15, -0.1) is 0 Å². The minimum Gasteiger partial charge on any atom is -0.318 e. The fourth-order valence-electron chi connectivity index (χ4n) is 3.51. The van der Waals surface area contributed by atoms with Crippen molar-refractivity contribution >= 4 is 11.6 Å². The summed E-state index contributed by atoms with van der Waals surface area (Å²) >= 11 is 0. The summed E-state index contributed by atoms with van der Waals surface area (Å²) in [5.41, 5.74) is 8.82. The molecule has 142 valence electrons. The molecule has 3 rings (SSSR count). The normalized spacial score (nSPS) is 12.1. The van der Waals surface area contributed by atoms with Crippen molar-refractivity contribution in [3.05, 3.63) is 88.2 Å². The Balaban J connectivity index is 2.02. The first kappa shape index (κ1) is 19.7. The van der Waals surface area contributed by atoms with E-state index in [0.717, 1.165) is 28.2 Å². The zero-order chi connectivity index (χ0) is 20.5. The average Bonchev–Trinajstić information content (AvgIpc) is 2.93. The summed E-state index contributed by atoms with van der Waals surface area (Å²) in [7, 11) is 0. The third-order valence-electron chi connectivity index (χ3n) is 5.24. The molecular formula is C26H28N2. The van der Waals surface area contributed by atoms with Crippen LogP contribution in [0.15, 0.2) is 54.6 Å². The second-order valence-electron chi connectivity index (χ2n) is 8.49. The maximum absolute atomic E-state index is 9.68. The van der Waals surface area contributed by atoms with Gasteiger partial charge < -0.3 is 4.57 Å². The van der Waals surface area contributed by atoms with Gasteiger partial charge >= 0.3 is 0 Å². The van der Waals surface area contributed by atoms with Crippen molar-refractivity contribution < 1.29 is 0 Å². The number of benzene rings is 2. The van der Waals surface area contributed by atoms with Gasteiger partial charge in [-0.2, -0.15) is 5.26 Å². The second-order valence-corrected chi connectivity index (χ2v) is 8.49. The fourth-order valence-corrected chi connectivity index (χ4v) is 3.51. The number of aromatic nitrogens is 1. The molecule has 0 aliphatic rings. The molecule has 0 N–H and O–H groups in total. The highest BCUT2D eigenvalue weighted by atomic mass is 15.0. The summed E-state index contributed by atoms with van der Waals surface area (Å²) in [5, 5.41) is 9.68. The Morgan fingerprint density at radius 1 is 0.929 bits per heavy atom. The molecule has 0 atom stereocenters. The van der Waals surface area contributed by atoms with Crippen LogP contribution in [0.4, 0.5) is 0 Å². The number of nitrogens with zero attached hydrogens (tertiary/aromatic N) is 2. The van der Waals surface area contributed by atoms with Gasteiger partial charge in [-0.3, -0.25) is 0 Å². The molecule has 0 bridgehead atoms. The van der Waals surface area contributed by atoms with E-state index in [-0.39, 0.29) is 5.41 Å². The van der Waals surface area contributed by atoms with Crippen LogP contribution in [0.5, 0.6) is 0 Å². The number of allylic oxidation sites excluding steroid dienone is 1. The highest BCUT2D eigenvalue weighted by molar-refractivity contribution is 5.90. The predicted molar refractivity (Wildman–Crippen MR) is 119 cm³/mol. The maximum Gasteiger partial charge on any atom is 0.0998 e. The minimum atomic E-state index is 0.142. The van der Waals surface area contributed by atoms with E-state index in [2.05, 4.69) is 82.5 Å². The predicted octanol–water partition coefficient (Wildman–Crippen LogP) is 6.76. The molecule has 0 amide bonds. The van der Waals surface area contributed by atoms with Gasteiger partial charge in [0.25, 0.3) is 0 Å². The first-order valence-corrected chi connectivity index (χ1v) is 9.69. The van der Waals surface area contributed by atoms with Gasteiger partial charge in [0, 0.05) is 17.1 Å². The summed E-state index contributed by atoms with van der Waals surface area (Å²) in [6, 6.07) is 21.4. The lowest BCUT2D eigenvalue weighted by atomic mass is 9.87. The van der Waals surface area contributed by atoms with Gasteiger partial charge in [-0.05, 0) is 67.2 Å². The molecule has 3 aromatic rings. The second kappa shape index (κ2) is 7.52. The highest BCUT2D eigenvalue weighted by Gasteiger charge is 2.15. The Morgan fingerprint density at radius 2 is 1.54 bits per heavy atom. The van der Waals surface area contributed by atoms with Crippen LogP contribution in [0.2, 0.25) is 0 Å². The number of rotatable bonds is 3. The van der Waals surface area contributed by atoms with Crippen molar-refractivity contribution in [1.29, 1.82) is 5.26 Å². The molecule has 0 fully saturated rings. The van der Waals surface area contributed by atoms with Crippen molar-refractivity contribution in [2.24, 2.45) is 0 Å². The zero-order valence-electron chi connectivity index (χ0n) is 17.7. The standard InChI is InChI=1S/C26H28N2/c1-18-7-9-21(10-8-18)23(17-27)16-22-15-19(2)28(20(22)3)25-13-11-24(12-14-25)26(4,5)6/h7-16H,1-6H3/b23-16-. The summed E-state index contributed by atoms with van der Waals surface area (Å²) in [4.78, 5) is 0. The molecule has 0 spiro atoms. The highest BCUT2D eigenvalue weighted by Crippen LogP contribution is 2.28. The molecule has 0 saturated carbocycles.